The number of hydrogen-bond donors (Lipinski definition) is 2. The Bertz CT molecular complexity index is 624. The first-order chi connectivity index (χ1) is 9.47. The van der Waals surface area contributed by atoms with Crippen LogP contribution < -0.4 is 10.7 Å². The molecular formula is C12H12N4O4. The molecule has 1 aliphatic heterocycles. The van der Waals surface area contributed by atoms with Crippen molar-refractivity contribution in [3.63, 3.8) is 0 Å². The number of anilines is 1. The van der Waals surface area contributed by atoms with Crippen molar-refractivity contribution in [1.29, 1.82) is 0 Å². The first kappa shape index (κ1) is 13.7. The average molecular weight is 276 g/mol. The normalized spacial score (nSPS) is 14.2. The van der Waals surface area contributed by atoms with E-state index in [1.54, 1.807) is 6.07 Å². The number of nitro groups is 1. The van der Waals surface area contributed by atoms with Crippen molar-refractivity contribution in [3.8, 4) is 0 Å². The summed E-state index contributed by atoms with van der Waals surface area (Å²) in [6.45, 7) is 1.28. The van der Waals surface area contributed by atoms with Crippen LogP contribution in [0.4, 0.5) is 11.4 Å². The van der Waals surface area contributed by atoms with E-state index < -0.39 is 4.92 Å². The van der Waals surface area contributed by atoms with Crippen LogP contribution in [0.15, 0.2) is 23.3 Å². The van der Waals surface area contributed by atoms with E-state index >= 15 is 0 Å². The quantitative estimate of drug-likeness (QED) is 0.637. The minimum Gasteiger partial charge on any atom is -0.321 e. The van der Waals surface area contributed by atoms with Gasteiger partial charge < -0.3 is 5.32 Å². The predicted octanol–water partition coefficient (Wildman–Crippen LogP) is 1.17. The minimum absolute atomic E-state index is 0.131. The average Bonchev–Trinajstić information content (AvgIpc) is 2.39. The molecule has 1 aromatic rings. The van der Waals surface area contributed by atoms with Crippen molar-refractivity contribution in [2.45, 2.75) is 19.8 Å². The highest BCUT2D eigenvalue weighted by atomic mass is 16.6. The van der Waals surface area contributed by atoms with Crippen molar-refractivity contribution >= 4 is 28.9 Å². The van der Waals surface area contributed by atoms with E-state index in [4.69, 9.17) is 0 Å². The zero-order valence-electron chi connectivity index (χ0n) is 10.7. The molecule has 2 N–H and O–H groups in total. The van der Waals surface area contributed by atoms with Gasteiger partial charge in [0.25, 0.3) is 5.69 Å². The maximum absolute atomic E-state index is 11.0. The molecule has 0 saturated carbocycles. The van der Waals surface area contributed by atoms with Gasteiger partial charge in [0.05, 0.1) is 10.6 Å². The second-order valence-corrected chi connectivity index (χ2v) is 4.26. The molecule has 2 rings (SSSR count). The fourth-order valence-corrected chi connectivity index (χ4v) is 1.84. The van der Waals surface area contributed by atoms with Gasteiger partial charge in [-0.25, -0.2) is 5.43 Å². The first-order valence-electron chi connectivity index (χ1n) is 5.89. The Morgan fingerprint density at radius 1 is 1.45 bits per heavy atom. The third kappa shape index (κ3) is 2.97. The Labute approximate surface area is 114 Å². The van der Waals surface area contributed by atoms with Crippen LogP contribution >= 0.6 is 0 Å². The lowest BCUT2D eigenvalue weighted by atomic mass is 10.0. The fraction of sp³-hybridized carbons (Fsp3) is 0.250. The van der Waals surface area contributed by atoms with Gasteiger partial charge in [0, 0.05) is 31.4 Å². The molecule has 2 amide bonds. The Morgan fingerprint density at radius 3 is 2.75 bits per heavy atom. The zero-order valence-corrected chi connectivity index (χ0v) is 10.7. The van der Waals surface area contributed by atoms with Gasteiger partial charge in [-0.05, 0) is 6.07 Å². The lowest BCUT2D eigenvalue weighted by Gasteiger charge is -2.12. The summed E-state index contributed by atoms with van der Waals surface area (Å²) in [5, 5.41) is 17.3. The second-order valence-electron chi connectivity index (χ2n) is 4.26. The molecule has 104 valence electrons. The van der Waals surface area contributed by atoms with Gasteiger partial charge in [-0.1, -0.05) is 6.07 Å². The van der Waals surface area contributed by atoms with Crippen molar-refractivity contribution in [2.75, 3.05) is 5.32 Å². The van der Waals surface area contributed by atoms with E-state index in [1.165, 1.54) is 19.1 Å². The minimum atomic E-state index is -0.573. The van der Waals surface area contributed by atoms with Crippen molar-refractivity contribution < 1.29 is 14.5 Å². The van der Waals surface area contributed by atoms with E-state index in [1.807, 2.05) is 0 Å². The molecule has 0 radical (unpaired) electrons. The van der Waals surface area contributed by atoms with Crippen LogP contribution in [0.5, 0.6) is 0 Å². The summed E-state index contributed by atoms with van der Waals surface area (Å²) in [5.74, 6) is -0.568. The molecule has 0 unspecified atom stereocenters. The van der Waals surface area contributed by atoms with Gasteiger partial charge >= 0.3 is 0 Å². The van der Waals surface area contributed by atoms with E-state index in [-0.39, 0.29) is 23.2 Å². The predicted molar refractivity (Wildman–Crippen MR) is 71.3 cm³/mol. The van der Waals surface area contributed by atoms with Gasteiger partial charge in [-0.15, -0.1) is 0 Å². The molecule has 8 heteroatoms. The van der Waals surface area contributed by atoms with Crippen LogP contribution in [0.2, 0.25) is 0 Å². The van der Waals surface area contributed by atoms with Gasteiger partial charge in [0.15, 0.2) is 0 Å². The number of carbonyl (C=O) groups is 2. The third-order valence-corrected chi connectivity index (χ3v) is 2.74. The van der Waals surface area contributed by atoms with Gasteiger partial charge in [0.2, 0.25) is 11.8 Å². The number of hydrazone groups is 1. The number of carbonyl (C=O) groups excluding carboxylic acids is 2. The van der Waals surface area contributed by atoms with Crippen molar-refractivity contribution in [3.05, 3.63) is 33.9 Å². The maximum atomic E-state index is 11.0. The number of rotatable bonds is 3. The summed E-state index contributed by atoms with van der Waals surface area (Å²) >= 11 is 0. The van der Waals surface area contributed by atoms with E-state index in [0.717, 1.165) is 0 Å². The molecule has 0 bridgehead atoms. The van der Waals surface area contributed by atoms with Crippen molar-refractivity contribution in [1.82, 2.24) is 5.43 Å². The molecule has 1 aliphatic rings. The molecule has 20 heavy (non-hydrogen) atoms. The monoisotopic (exact) mass is 276 g/mol. The number of hydrogen-bond acceptors (Lipinski definition) is 5. The lowest BCUT2D eigenvalue weighted by molar-refractivity contribution is -0.383. The van der Waals surface area contributed by atoms with Gasteiger partial charge in [-0.2, -0.15) is 5.10 Å². The summed E-state index contributed by atoms with van der Waals surface area (Å²) in [7, 11) is 0. The highest BCUT2D eigenvalue weighted by Crippen LogP contribution is 2.26. The van der Waals surface area contributed by atoms with Gasteiger partial charge in [-0.3, -0.25) is 19.7 Å². The summed E-state index contributed by atoms with van der Waals surface area (Å²) in [4.78, 5) is 32.5. The second kappa shape index (κ2) is 5.47. The molecule has 0 aliphatic carbocycles. The summed E-state index contributed by atoms with van der Waals surface area (Å²) in [5.41, 5.74) is 3.37. The van der Waals surface area contributed by atoms with E-state index in [2.05, 4.69) is 15.8 Å². The Balaban J connectivity index is 2.37. The number of nitrogens with zero attached hydrogens (tertiary/aromatic N) is 2. The zero-order chi connectivity index (χ0) is 14.7. The molecule has 0 atom stereocenters. The van der Waals surface area contributed by atoms with Crippen LogP contribution in [0.1, 0.15) is 25.3 Å². The first-order valence-corrected chi connectivity index (χ1v) is 5.89. The Morgan fingerprint density at radius 2 is 2.20 bits per heavy atom. The summed E-state index contributed by atoms with van der Waals surface area (Å²) in [6.07, 6.45) is 0.711. The van der Waals surface area contributed by atoms with Gasteiger partial charge in [0.1, 0.15) is 5.69 Å². The molecule has 1 aromatic carbocycles. The molecule has 0 aromatic heterocycles. The van der Waals surface area contributed by atoms with E-state index in [9.17, 15) is 19.7 Å². The highest BCUT2D eigenvalue weighted by Gasteiger charge is 2.19. The number of nitro benzene ring substituents is 1. The molecular weight excluding hydrogens is 264 g/mol. The SMILES string of the molecule is CC(=O)Nc1ccc(C2=NNC(=O)CC2)cc1[N+](=O)[O-]. The summed E-state index contributed by atoms with van der Waals surface area (Å²) in [6, 6.07) is 4.41. The number of nitrogens with one attached hydrogen (secondary N) is 2. The Hall–Kier alpha value is -2.77. The maximum Gasteiger partial charge on any atom is 0.293 e. The molecule has 1 heterocycles. The number of amides is 2. The highest BCUT2D eigenvalue weighted by molar-refractivity contribution is 6.05. The third-order valence-electron chi connectivity index (χ3n) is 2.74. The van der Waals surface area contributed by atoms with Crippen LogP contribution in [0.25, 0.3) is 0 Å². The standard InChI is InChI=1S/C12H12N4O4/c1-7(17)13-10-3-2-8(6-11(10)16(19)20)9-4-5-12(18)15-14-9/h2-3,6H,4-5H2,1H3,(H,13,17)(H,15,18). The van der Waals surface area contributed by atoms with Crippen molar-refractivity contribution in [2.24, 2.45) is 5.10 Å². The van der Waals surface area contributed by atoms with Crippen LogP contribution in [-0.4, -0.2) is 22.4 Å². The molecule has 0 fully saturated rings. The largest absolute Gasteiger partial charge is 0.321 e. The molecule has 8 nitrogen and oxygen atoms in total. The Kier molecular flexibility index (Phi) is 3.74. The lowest BCUT2D eigenvalue weighted by Crippen LogP contribution is -2.26. The topological polar surface area (TPSA) is 114 Å². The van der Waals surface area contributed by atoms with Crippen LogP contribution in [0.3, 0.4) is 0 Å². The summed E-state index contributed by atoms with van der Waals surface area (Å²) < 4.78 is 0. The van der Waals surface area contributed by atoms with Crippen LogP contribution in [0, 0.1) is 10.1 Å². The van der Waals surface area contributed by atoms with E-state index in [0.29, 0.717) is 24.1 Å². The molecule has 0 spiro atoms. The fourth-order valence-electron chi connectivity index (χ4n) is 1.84. The van der Waals surface area contributed by atoms with Crippen LogP contribution in [-0.2, 0) is 9.59 Å². The number of benzene rings is 1. The smallest absolute Gasteiger partial charge is 0.293 e. The molecule has 0 saturated heterocycles.